The van der Waals surface area contributed by atoms with Crippen LogP contribution in [0.2, 0.25) is 0 Å². The van der Waals surface area contributed by atoms with Gasteiger partial charge in [0, 0.05) is 61.9 Å². The standard InChI is InChI=1S/C27H38N6O2/c1-18-17-28-26(29-22-2-4-23(5-3-22)33-8-6-32(7-9-33)10-11-34)31-25(18)30-24-20-12-19-13-21(24)16-27(35,14-19)15-20/h2-5,17,19-21,24,34-35H,6-16H2,1H3,(H2,28,29,30,31). The van der Waals surface area contributed by atoms with Gasteiger partial charge in [0.25, 0.3) is 0 Å². The topological polar surface area (TPSA) is 96.8 Å². The molecule has 4 aliphatic carbocycles. The molecule has 1 aromatic carbocycles. The number of aromatic nitrogens is 2. The van der Waals surface area contributed by atoms with E-state index in [0.717, 1.165) is 69.1 Å². The van der Waals surface area contributed by atoms with Crippen molar-refractivity contribution < 1.29 is 10.2 Å². The minimum atomic E-state index is -0.415. The van der Waals surface area contributed by atoms with E-state index >= 15 is 0 Å². The van der Waals surface area contributed by atoms with Gasteiger partial charge >= 0.3 is 0 Å². The van der Waals surface area contributed by atoms with Gasteiger partial charge in [-0.2, -0.15) is 4.98 Å². The van der Waals surface area contributed by atoms with Crippen molar-refractivity contribution >= 4 is 23.1 Å². The Labute approximate surface area is 207 Å². The van der Waals surface area contributed by atoms with E-state index in [9.17, 15) is 5.11 Å². The lowest BCUT2D eigenvalue weighted by molar-refractivity contribution is -0.129. The highest BCUT2D eigenvalue weighted by Crippen LogP contribution is 2.56. The minimum absolute atomic E-state index is 0.227. The Balaban J connectivity index is 1.10. The van der Waals surface area contributed by atoms with Crippen LogP contribution in [0.3, 0.4) is 0 Å². The molecule has 0 spiro atoms. The molecule has 2 unspecified atom stereocenters. The zero-order chi connectivity index (χ0) is 24.0. The zero-order valence-corrected chi connectivity index (χ0v) is 20.7. The van der Waals surface area contributed by atoms with Crippen LogP contribution in [0.5, 0.6) is 0 Å². The summed E-state index contributed by atoms with van der Waals surface area (Å²) in [5.74, 6) is 3.28. The summed E-state index contributed by atoms with van der Waals surface area (Å²) in [6, 6.07) is 8.87. The monoisotopic (exact) mass is 478 g/mol. The van der Waals surface area contributed by atoms with Gasteiger partial charge in [0.15, 0.2) is 0 Å². The average molecular weight is 479 g/mol. The Morgan fingerprint density at radius 3 is 2.40 bits per heavy atom. The van der Waals surface area contributed by atoms with Gasteiger partial charge in [-0.05, 0) is 81.0 Å². The van der Waals surface area contributed by atoms with E-state index in [1.165, 1.54) is 18.5 Å². The smallest absolute Gasteiger partial charge is 0.229 e. The Bertz CT molecular complexity index is 1020. The molecule has 5 fully saturated rings. The van der Waals surface area contributed by atoms with Gasteiger partial charge in [-0.25, -0.2) is 4.98 Å². The highest BCUT2D eigenvalue weighted by atomic mass is 16.3. The first-order chi connectivity index (χ1) is 17.0. The van der Waals surface area contributed by atoms with Gasteiger partial charge in [-0.15, -0.1) is 0 Å². The second-order valence-electron chi connectivity index (χ2n) is 11.3. The summed E-state index contributed by atoms with van der Waals surface area (Å²) in [4.78, 5) is 14.1. The second-order valence-corrected chi connectivity index (χ2v) is 11.3. The first kappa shape index (κ1) is 23.0. The molecule has 7 rings (SSSR count). The Morgan fingerprint density at radius 2 is 1.74 bits per heavy atom. The van der Waals surface area contributed by atoms with Crippen molar-refractivity contribution in [3.63, 3.8) is 0 Å². The van der Waals surface area contributed by atoms with Gasteiger partial charge in [0.2, 0.25) is 5.95 Å². The lowest BCUT2D eigenvalue weighted by atomic mass is 9.52. The highest BCUT2D eigenvalue weighted by Gasteiger charge is 2.54. The number of hydrogen-bond donors (Lipinski definition) is 4. The van der Waals surface area contributed by atoms with Crippen LogP contribution in [-0.4, -0.2) is 76.1 Å². The van der Waals surface area contributed by atoms with Gasteiger partial charge in [0.1, 0.15) is 5.82 Å². The van der Waals surface area contributed by atoms with Gasteiger partial charge in [-0.3, -0.25) is 4.90 Å². The summed E-state index contributed by atoms with van der Waals surface area (Å²) in [5, 5.41) is 27.2. The molecule has 1 saturated heterocycles. The van der Waals surface area contributed by atoms with Crippen molar-refractivity contribution in [2.75, 3.05) is 54.9 Å². The number of anilines is 4. The van der Waals surface area contributed by atoms with E-state index < -0.39 is 5.60 Å². The third-order valence-electron chi connectivity index (χ3n) is 8.79. The van der Waals surface area contributed by atoms with Crippen molar-refractivity contribution in [3.05, 3.63) is 36.0 Å². The Morgan fingerprint density at radius 1 is 1.03 bits per heavy atom. The fraction of sp³-hybridized carbons (Fsp3) is 0.630. The van der Waals surface area contributed by atoms with Gasteiger partial charge in [-0.1, -0.05) is 0 Å². The SMILES string of the molecule is Cc1cnc(Nc2ccc(N3CCN(CCO)CC3)cc2)nc1NC1C2CC3CC1CC(O)(C3)C2. The van der Waals surface area contributed by atoms with Crippen LogP contribution in [0.25, 0.3) is 0 Å². The van der Waals surface area contributed by atoms with E-state index in [1.807, 2.05) is 6.20 Å². The lowest BCUT2D eigenvalue weighted by Crippen LogP contribution is -2.59. The van der Waals surface area contributed by atoms with E-state index in [1.54, 1.807) is 0 Å². The molecule has 2 aromatic rings. The number of aliphatic hydroxyl groups excluding tert-OH is 1. The fourth-order valence-electron chi connectivity index (χ4n) is 7.28. The summed E-state index contributed by atoms with van der Waals surface area (Å²) in [6.07, 6.45) is 7.21. The van der Waals surface area contributed by atoms with Crippen molar-refractivity contribution in [1.29, 1.82) is 0 Å². The number of β-amino-alcohol motifs (C(OH)–C–C–N with tert-alkyl or cyclic N) is 1. The fourth-order valence-corrected chi connectivity index (χ4v) is 7.28. The number of hydrogen-bond acceptors (Lipinski definition) is 8. The maximum atomic E-state index is 10.9. The molecular weight excluding hydrogens is 440 g/mol. The third-order valence-corrected chi connectivity index (χ3v) is 8.79. The zero-order valence-electron chi connectivity index (χ0n) is 20.7. The first-order valence-electron chi connectivity index (χ1n) is 13.3. The molecule has 35 heavy (non-hydrogen) atoms. The molecule has 1 aromatic heterocycles. The number of piperazine rings is 1. The van der Waals surface area contributed by atoms with Crippen LogP contribution in [0.1, 0.15) is 37.7 Å². The van der Waals surface area contributed by atoms with Crippen molar-refractivity contribution in [2.45, 2.75) is 50.7 Å². The van der Waals surface area contributed by atoms with Crippen LogP contribution in [0.4, 0.5) is 23.1 Å². The predicted octanol–water partition coefficient (Wildman–Crippen LogP) is 2.99. The number of nitrogens with one attached hydrogen (secondary N) is 2. The number of aryl methyl sites for hydroxylation is 1. The van der Waals surface area contributed by atoms with E-state index in [4.69, 9.17) is 10.1 Å². The highest BCUT2D eigenvalue weighted by molar-refractivity contribution is 5.60. The molecule has 8 nitrogen and oxygen atoms in total. The maximum Gasteiger partial charge on any atom is 0.229 e. The molecule has 2 heterocycles. The molecule has 1 aliphatic heterocycles. The summed E-state index contributed by atoms with van der Waals surface area (Å²) >= 11 is 0. The number of rotatable bonds is 7. The van der Waals surface area contributed by atoms with Crippen molar-refractivity contribution in [1.82, 2.24) is 14.9 Å². The molecule has 0 amide bonds. The quantitative estimate of drug-likeness (QED) is 0.482. The Hall–Kier alpha value is -2.42. The third kappa shape index (κ3) is 4.71. The molecule has 4 bridgehead atoms. The van der Waals surface area contributed by atoms with Gasteiger partial charge in [0.05, 0.1) is 12.2 Å². The van der Waals surface area contributed by atoms with Crippen molar-refractivity contribution in [3.8, 4) is 0 Å². The lowest BCUT2D eigenvalue weighted by Gasteiger charge is -2.58. The Kier molecular flexibility index (Phi) is 6.06. The molecule has 4 N–H and O–H groups in total. The molecule has 188 valence electrons. The normalized spacial score (nSPS) is 32.1. The van der Waals surface area contributed by atoms with Crippen LogP contribution in [0, 0.1) is 24.7 Å². The van der Waals surface area contributed by atoms with E-state index in [2.05, 4.69) is 56.6 Å². The van der Waals surface area contributed by atoms with Crippen molar-refractivity contribution in [2.24, 2.45) is 17.8 Å². The molecule has 4 saturated carbocycles. The molecule has 2 atom stereocenters. The molecular formula is C27H38N6O2. The largest absolute Gasteiger partial charge is 0.395 e. The van der Waals surface area contributed by atoms with Gasteiger partial charge < -0.3 is 25.7 Å². The number of nitrogens with zero attached hydrogens (tertiary/aromatic N) is 4. The molecule has 5 aliphatic rings. The number of benzene rings is 1. The summed E-state index contributed by atoms with van der Waals surface area (Å²) in [6.45, 7) is 6.96. The predicted molar refractivity (Wildman–Crippen MR) is 138 cm³/mol. The first-order valence-corrected chi connectivity index (χ1v) is 13.3. The van der Waals surface area contributed by atoms with Crippen LogP contribution < -0.4 is 15.5 Å². The van der Waals surface area contributed by atoms with E-state index in [-0.39, 0.29) is 6.61 Å². The van der Waals surface area contributed by atoms with Crippen LogP contribution >= 0.6 is 0 Å². The second kappa shape index (κ2) is 9.22. The summed E-state index contributed by atoms with van der Waals surface area (Å²) in [5.41, 5.74) is 2.83. The number of aliphatic hydroxyl groups is 2. The maximum absolute atomic E-state index is 10.9. The molecule has 0 radical (unpaired) electrons. The summed E-state index contributed by atoms with van der Waals surface area (Å²) < 4.78 is 0. The van der Waals surface area contributed by atoms with Crippen LogP contribution in [-0.2, 0) is 0 Å². The van der Waals surface area contributed by atoms with Crippen LogP contribution in [0.15, 0.2) is 30.5 Å². The summed E-state index contributed by atoms with van der Waals surface area (Å²) in [7, 11) is 0. The molecule has 8 heteroatoms. The average Bonchev–Trinajstić information content (AvgIpc) is 2.83. The minimum Gasteiger partial charge on any atom is -0.395 e. The van der Waals surface area contributed by atoms with E-state index in [0.29, 0.717) is 29.7 Å².